The maximum Gasteiger partial charge on any atom is 0.253 e. The van der Waals surface area contributed by atoms with E-state index in [0.29, 0.717) is 12.4 Å². The third kappa shape index (κ3) is 5.12. The Hall–Kier alpha value is -3.51. The van der Waals surface area contributed by atoms with Gasteiger partial charge >= 0.3 is 0 Å². The molecule has 0 spiro atoms. The van der Waals surface area contributed by atoms with Crippen molar-refractivity contribution in [3.63, 3.8) is 0 Å². The Morgan fingerprint density at radius 3 is 2.36 bits per heavy atom. The molecule has 0 radical (unpaired) electrons. The van der Waals surface area contributed by atoms with Gasteiger partial charge in [0.1, 0.15) is 5.52 Å². The van der Waals surface area contributed by atoms with Crippen LogP contribution in [0.2, 0.25) is 0 Å². The number of nitrogens with zero attached hydrogens (tertiary/aromatic N) is 4. The van der Waals surface area contributed by atoms with Crippen molar-refractivity contribution in [1.29, 1.82) is 0 Å². The number of anilines is 1. The highest BCUT2D eigenvalue weighted by Crippen LogP contribution is 2.28. The van der Waals surface area contributed by atoms with E-state index >= 15 is 0 Å². The molecule has 33 heavy (non-hydrogen) atoms. The summed E-state index contributed by atoms with van der Waals surface area (Å²) < 4.78 is 0. The van der Waals surface area contributed by atoms with Crippen LogP contribution in [-0.4, -0.2) is 59.9 Å². The summed E-state index contributed by atoms with van der Waals surface area (Å²) in [6.07, 6.45) is 3.61. The molecule has 0 unspecified atom stereocenters. The van der Waals surface area contributed by atoms with Gasteiger partial charge in [0.05, 0.1) is 5.52 Å². The fraction of sp³-hybridized carbons (Fsp3) is 0.296. The van der Waals surface area contributed by atoms with E-state index in [4.69, 9.17) is 5.73 Å². The molecule has 0 aliphatic heterocycles. The summed E-state index contributed by atoms with van der Waals surface area (Å²) in [4.78, 5) is 25.6. The van der Waals surface area contributed by atoms with E-state index in [1.807, 2.05) is 51.6 Å². The quantitative estimate of drug-likeness (QED) is 0.437. The van der Waals surface area contributed by atoms with E-state index < -0.39 is 0 Å². The van der Waals surface area contributed by atoms with Crippen LogP contribution in [0, 0.1) is 6.92 Å². The van der Waals surface area contributed by atoms with Crippen LogP contribution < -0.4 is 5.73 Å². The van der Waals surface area contributed by atoms with Gasteiger partial charge in [-0.1, -0.05) is 24.3 Å². The van der Waals surface area contributed by atoms with Gasteiger partial charge in [-0.15, -0.1) is 0 Å². The molecular weight excluding hydrogens is 410 g/mol. The summed E-state index contributed by atoms with van der Waals surface area (Å²) in [5.41, 5.74) is 12.0. The number of carbonyl (C=O) groups is 1. The Morgan fingerprint density at radius 1 is 0.909 bits per heavy atom. The topological polar surface area (TPSA) is 75.3 Å². The number of benzene rings is 2. The fourth-order valence-electron chi connectivity index (χ4n) is 3.97. The zero-order chi connectivity index (χ0) is 23.5. The molecule has 6 nitrogen and oxygen atoms in total. The lowest BCUT2D eigenvalue weighted by Crippen LogP contribution is -2.33. The normalized spacial score (nSPS) is 11.4. The van der Waals surface area contributed by atoms with Gasteiger partial charge in [0, 0.05) is 42.7 Å². The molecule has 4 rings (SSSR count). The molecule has 0 saturated heterocycles. The van der Waals surface area contributed by atoms with Crippen molar-refractivity contribution in [3.05, 3.63) is 77.0 Å². The molecular formula is C27H31N5O. The summed E-state index contributed by atoms with van der Waals surface area (Å²) in [7, 11) is 5.86. The van der Waals surface area contributed by atoms with Gasteiger partial charge < -0.3 is 15.5 Å². The Balaban J connectivity index is 1.48. The number of likely N-dealkylation sites (N-methyl/N-ethyl adjacent to an activating group) is 2. The first-order valence-electron chi connectivity index (χ1n) is 11.3. The molecule has 0 aliphatic carbocycles. The second kappa shape index (κ2) is 9.55. The Bertz CT molecular complexity index is 1300. The van der Waals surface area contributed by atoms with Gasteiger partial charge in [0.15, 0.2) is 5.82 Å². The van der Waals surface area contributed by atoms with Gasteiger partial charge in [-0.05, 0) is 74.8 Å². The number of aromatic nitrogens is 2. The molecule has 0 bridgehead atoms. The minimum absolute atomic E-state index is 0.0513. The molecule has 6 heteroatoms. The summed E-state index contributed by atoms with van der Waals surface area (Å²) >= 11 is 0. The first-order valence-corrected chi connectivity index (χ1v) is 11.3. The number of fused-ring (bicyclic) bond motifs is 3. The Labute approximate surface area is 195 Å². The van der Waals surface area contributed by atoms with Crippen LogP contribution in [0.25, 0.3) is 21.8 Å². The maximum atomic E-state index is 12.6. The largest absolute Gasteiger partial charge is 0.382 e. The standard InChI is InChI=1S/C27H31N5O/c1-18-5-12-22-23-16-20(17-29-25(23)26(28)30-24(22)15-18)7-6-19-8-10-21(11-9-19)27(33)32(4)14-13-31(2)3/h5,8-12,15-17H,6-7,13-14H2,1-4H3,(H2,28,30). The molecule has 2 N–H and O–H groups in total. The van der Waals surface area contributed by atoms with Crippen LogP contribution in [-0.2, 0) is 12.8 Å². The zero-order valence-corrected chi connectivity index (χ0v) is 19.8. The maximum absolute atomic E-state index is 12.6. The van der Waals surface area contributed by atoms with Crippen LogP contribution in [0.3, 0.4) is 0 Å². The van der Waals surface area contributed by atoms with E-state index in [9.17, 15) is 4.79 Å². The molecule has 2 aromatic heterocycles. The average Bonchev–Trinajstić information content (AvgIpc) is 2.80. The number of hydrogen-bond donors (Lipinski definition) is 1. The van der Waals surface area contributed by atoms with E-state index in [1.165, 1.54) is 5.56 Å². The summed E-state index contributed by atoms with van der Waals surface area (Å²) in [6.45, 7) is 3.60. The van der Waals surface area contributed by atoms with Gasteiger partial charge in [0.2, 0.25) is 0 Å². The van der Waals surface area contributed by atoms with Crippen molar-refractivity contribution < 1.29 is 4.79 Å². The van der Waals surface area contributed by atoms with Gasteiger partial charge in [-0.25, -0.2) is 4.98 Å². The van der Waals surface area contributed by atoms with Crippen molar-refractivity contribution in [2.45, 2.75) is 19.8 Å². The van der Waals surface area contributed by atoms with Crippen molar-refractivity contribution in [1.82, 2.24) is 19.8 Å². The SMILES string of the molecule is Cc1ccc2c(c1)nc(N)c1ncc(CCc3ccc(C(=O)N(C)CCN(C)C)cc3)cc12. The first-order chi connectivity index (χ1) is 15.8. The lowest BCUT2D eigenvalue weighted by Gasteiger charge is -2.19. The second-order valence-corrected chi connectivity index (χ2v) is 8.98. The van der Waals surface area contributed by atoms with Crippen LogP contribution >= 0.6 is 0 Å². The number of rotatable bonds is 7. The predicted octanol–water partition coefficient (Wildman–Crippen LogP) is 4.09. The molecule has 2 heterocycles. The third-order valence-electron chi connectivity index (χ3n) is 6.00. The molecule has 170 valence electrons. The number of nitrogens with two attached hydrogens (primary N) is 1. The van der Waals surface area contributed by atoms with E-state index in [0.717, 1.165) is 57.9 Å². The second-order valence-electron chi connectivity index (χ2n) is 8.98. The Kier molecular flexibility index (Phi) is 6.56. The van der Waals surface area contributed by atoms with Crippen LogP contribution in [0.1, 0.15) is 27.0 Å². The highest BCUT2D eigenvalue weighted by atomic mass is 16.2. The smallest absolute Gasteiger partial charge is 0.253 e. The predicted molar refractivity (Wildman–Crippen MR) is 136 cm³/mol. The number of amides is 1. The number of nitrogen functional groups attached to an aromatic ring is 1. The average molecular weight is 442 g/mol. The summed E-state index contributed by atoms with van der Waals surface area (Å²) in [5.74, 6) is 0.515. The molecule has 0 saturated carbocycles. The third-order valence-corrected chi connectivity index (χ3v) is 6.00. The van der Waals surface area contributed by atoms with E-state index in [1.54, 1.807) is 4.90 Å². The summed E-state index contributed by atoms with van der Waals surface area (Å²) in [5, 5.41) is 2.11. The van der Waals surface area contributed by atoms with Crippen molar-refractivity contribution in [2.75, 3.05) is 40.0 Å². The van der Waals surface area contributed by atoms with E-state index in [2.05, 4.69) is 46.1 Å². The van der Waals surface area contributed by atoms with Crippen molar-refractivity contribution >= 4 is 33.5 Å². The minimum atomic E-state index is 0.0513. The molecule has 0 fully saturated rings. The minimum Gasteiger partial charge on any atom is -0.382 e. The van der Waals surface area contributed by atoms with Crippen LogP contribution in [0.4, 0.5) is 5.82 Å². The summed E-state index contributed by atoms with van der Waals surface area (Å²) in [6, 6.07) is 16.3. The van der Waals surface area contributed by atoms with Crippen LogP contribution in [0.5, 0.6) is 0 Å². The Morgan fingerprint density at radius 2 is 1.64 bits per heavy atom. The van der Waals surface area contributed by atoms with E-state index in [-0.39, 0.29) is 5.91 Å². The number of aryl methyl sites for hydroxylation is 3. The fourth-order valence-corrected chi connectivity index (χ4v) is 3.97. The van der Waals surface area contributed by atoms with Gasteiger partial charge in [0.25, 0.3) is 5.91 Å². The molecule has 0 aliphatic rings. The monoisotopic (exact) mass is 441 g/mol. The lowest BCUT2D eigenvalue weighted by atomic mass is 10.0. The number of pyridine rings is 2. The molecule has 0 atom stereocenters. The molecule has 4 aromatic rings. The van der Waals surface area contributed by atoms with Crippen molar-refractivity contribution in [2.24, 2.45) is 0 Å². The van der Waals surface area contributed by atoms with Gasteiger partial charge in [-0.2, -0.15) is 0 Å². The molecule has 2 aromatic carbocycles. The first kappa shape index (κ1) is 22.7. The van der Waals surface area contributed by atoms with Gasteiger partial charge in [-0.3, -0.25) is 9.78 Å². The number of carbonyl (C=O) groups excluding carboxylic acids is 1. The molecule has 1 amide bonds. The number of hydrogen-bond acceptors (Lipinski definition) is 5. The highest BCUT2D eigenvalue weighted by molar-refractivity contribution is 6.08. The van der Waals surface area contributed by atoms with Crippen LogP contribution in [0.15, 0.2) is 54.7 Å². The zero-order valence-electron chi connectivity index (χ0n) is 19.8. The highest BCUT2D eigenvalue weighted by Gasteiger charge is 2.12. The lowest BCUT2D eigenvalue weighted by molar-refractivity contribution is 0.0786. The van der Waals surface area contributed by atoms with Crippen molar-refractivity contribution in [3.8, 4) is 0 Å².